The minimum atomic E-state index is -1.39. The van der Waals surface area contributed by atoms with E-state index < -0.39 is 69.2 Å². The molecule has 5 heterocycles. The Balaban J connectivity index is 1.27. The lowest BCUT2D eigenvalue weighted by Gasteiger charge is -2.67. The molecular weight excluding hydrogens is 612 g/mol. The van der Waals surface area contributed by atoms with Crippen LogP contribution in [0.2, 0.25) is 0 Å². The molecule has 3 aliphatic carbocycles. The number of aliphatic hydroxyl groups excluding tert-OH is 1. The summed E-state index contributed by atoms with van der Waals surface area (Å²) in [4.78, 5) is 42.9. The highest BCUT2D eigenvalue weighted by molar-refractivity contribution is 5.92. The lowest BCUT2D eigenvalue weighted by molar-refractivity contribution is -0.264. The fourth-order valence-electron chi connectivity index (χ4n) is 12.7. The summed E-state index contributed by atoms with van der Waals surface area (Å²) in [6.45, 7) is 12.7. The monoisotopic (exact) mass is 666 g/mol. The van der Waals surface area contributed by atoms with Crippen molar-refractivity contribution in [1.82, 2.24) is 0 Å². The molecule has 7 fully saturated rings. The van der Waals surface area contributed by atoms with E-state index in [9.17, 15) is 14.7 Å². The lowest BCUT2D eigenvalue weighted by atomic mass is 9.35. The van der Waals surface area contributed by atoms with Crippen molar-refractivity contribution < 1.29 is 42.9 Å². The van der Waals surface area contributed by atoms with Crippen molar-refractivity contribution >= 4 is 17.7 Å². The molecule has 7 aliphatic rings. The number of carbonyl (C=O) groups is 3. The molecule has 1 aromatic rings. The average Bonchev–Trinajstić information content (AvgIpc) is 3.31. The van der Waals surface area contributed by atoms with E-state index in [1.165, 1.54) is 0 Å². The quantitative estimate of drug-likeness (QED) is 0.190. The Morgan fingerprint density at radius 3 is 2.46 bits per heavy atom. The minimum Gasteiger partial charge on any atom is -0.469 e. The second kappa shape index (κ2) is 10.6. The molecule has 48 heavy (non-hydrogen) atoms. The van der Waals surface area contributed by atoms with Gasteiger partial charge >= 0.3 is 11.9 Å². The van der Waals surface area contributed by atoms with Gasteiger partial charge < -0.3 is 28.5 Å². The normalized spacial score (nSPS) is 46.8. The molecule has 1 N–H and O–H groups in total. The summed E-state index contributed by atoms with van der Waals surface area (Å²) in [6.07, 6.45) is 8.04. The SMILES string of the molecule is CCCCCc1occc1[C@H]1OC(=O)[C@H]2O[C@@]23[C@]2(C)[C@H](O)C(=O)[C@@H]4[C@]5(COC(=O)C6(CCCC6)[C@@H]5O[C@@]4(C)CCC(C)C)[C@@H]2CC[C@]13C. The molecule has 8 rings (SSSR count). The Bertz CT molecular complexity index is 1510. The molecule has 9 heteroatoms. The van der Waals surface area contributed by atoms with Gasteiger partial charge in [-0.05, 0) is 69.8 Å². The first-order chi connectivity index (χ1) is 22.8. The van der Waals surface area contributed by atoms with Crippen LogP contribution in [0.5, 0.6) is 0 Å². The third-order valence-corrected chi connectivity index (χ3v) is 14.9. The van der Waals surface area contributed by atoms with Crippen LogP contribution in [0.15, 0.2) is 16.7 Å². The Hall–Kier alpha value is -2.23. The summed E-state index contributed by atoms with van der Waals surface area (Å²) in [5.74, 6) is -0.656. The predicted octanol–water partition coefficient (Wildman–Crippen LogP) is 6.43. The van der Waals surface area contributed by atoms with Crippen LogP contribution >= 0.6 is 0 Å². The van der Waals surface area contributed by atoms with Crippen LogP contribution in [0.3, 0.4) is 0 Å². The Morgan fingerprint density at radius 2 is 1.75 bits per heavy atom. The maximum atomic E-state index is 15.1. The highest BCUT2D eigenvalue weighted by Crippen LogP contribution is 2.81. The molecule has 264 valence electrons. The van der Waals surface area contributed by atoms with E-state index in [1.54, 1.807) is 6.26 Å². The van der Waals surface area contributed by atoms with Crippen LogP contribution < -0.4 is 0 Å². The number of unbranched alkanes of at least 4 members (excludes halogenated alkanes) is 2. The summed E-state index contributed by atoms with van der Waals surface area (Å²) in [5.41, 5.74) is -4.73. The highest BCUT2D eigenvalue weighted by atomic mass is 16.7. The van der Waals surface area contributed by atoms with E-state index >= 15 is 4.79 Å². The summed E-state index contributed by atoms with van der Waals surface area (Å²) >= 11 is 0. The van der Waals surface area contributed by atoms with Gasteiger partial charge in [0.1, 0.15) is 30.2 Å². The average molecular weight is 667 g/mol. The second-order valence-electron chi connectivity index (χ2n) is 17.6. The van der Waals surface area contributed by atoms with Gasteiger partial charge in [-0.15, -0.1) is 0 Å². The van der Waals surface area contributed by atoms with Gasteiger partial charge in [0, 0.05) is 28.2 Å². The lowest BCUT2D eigenvalue weighted by Crippen LogP contribution is -2.77. The number of epoxide rings is 1. The van der Waals surface area contributed by atoms with Gasteiger partial charge in [-0.1, -0.05) is 60.3 Å². The number of esters is 2. The molecule has 4 saturated heterocycles. The maximum Gasteiger partial charge on any atom is 0.339 e. The van der Waals surface area contributed by atoms with Gasteiger partial charge in [0.2, 0.25) is 0 Å². The first-order valence-corrected chi connectivity index (χ1v) is 18.8. The van der Waals surface area contributed by atoms with Crippen molar-refractivity contribution in [1.29, 1.82) is 0 Å². The number of aryl methyl sites for hydroxylation is 1. The molecule has 9 nitrogen and oxygen atoms in total. The van der Waals surface area contributed by atoms with Crippen molar-refractivity contribution in [3.05, 3.63) is 23.7 Å². The van der Waals surface area contributed by atoms with E-state index in [0.29, 0.717) is 38.0 Å². The number of rotatable bonds is 8. The molecule has 4 aliphatic heterocycles. The van der Waals surface area contributed by atoms with Crippen LogP contribution in [0.25, 0.3) is 0 Å². The summed E-state index contributed by atoms with van der Waals surface area (Å²) in [6, 6.07) is 1.91. The Labute approximate surface area is 284 Å². The zero-order valence-corrected chi connectivity index (χ0v) is 29.6. The van der Waals surface area contributed by atoms with Gasteiger partial charge in [-0.3, -0.25) is 9.59 Å². The van der Waals surface area contributed by atoms with Gasteiger partial charge in [0.15, 0.2) is 11.9 Å². The number of cyclic esters (lactones) is 2. The number of ether oxygens (including phenoxy) is 4. The zero-order valence-electron chi connectivity index (χ0n) is 29.6. The van der Waals surface area contributed by atoms with E-state index in [1.807, 2.05) is 19.9 Å². The number of aliphatic hydroxyl groups is 1. The summed E-state index contributed by atoms with van der Waals surface area (Å²) in [7, 11) is 0. The molecule has 3 saturated carbocycles. The van der Waals surface area contributed by atoms with Gasteiger partial charge in [-0.25, -0.2) is 4.79 Å². The molecule has 0 bridgehead atoms. The zero-order chi connectivity index (χ0) is 34.1. The van der Waals surface area contributed by atoms with E-state index in [2.05, 4.69) is 27.7 Å². The number of hydrogen-bond acceptors (Lipinski definition) is 9. The Kier molecular flexibility index (Phi) is 7.30. The van der Waals surface area contributed by atoms with Crippen LogP contribution in [0, 0.1) is 39.4 Å². The third kappa shape index (κ3) is 3.77. The molecule has 0 aromatic carbocycles. The number of fused-ring (bicyclic) bond motifs is 2. The third-order valence-electron chi connectivity index (χ3n) is 14.9. The van der Waals surface area contributed by atoms with Gasteiger partial charge in [-0.2, -0.15) is 0 Å². The van der Waals surface area contributed by atoms with Crippen molar-refractivity contribution in [3.8, 4) is 0 Å². The van der Waals surface area contributed by atoms with Crippen molar-refractivity contribution in [2.24, 2.45) is 39.4 Å². The molecule has 11 atom stereocenters. The summed E-state index contributed by atoms with van der Waals surface area (Å²) in [5, 5.41) is 12.6. The Morgan fingerprint density at radius 1 is 1.00 bits per heavy atom. The number of carbonyl (C=O) groups excluding carboxylic acids is 3. The second-order valence-corrected chi connectivity index (χ2v) is 17.6. The van der Waals surface area contributed by atoms with Crippen molar-refractivity contribution in [2.45, 2.75) is 154 Å². The number of furan rings is 1. The van der Waals surface area contributed by atoms with Gasteiger partial charge in [0.25, 0.3) is 0 Å². The van der Waals surface area contributed by atoms with E-state index in [4.69, 9.17) is 23.4 Å². The molecule has 0 unspecified atom stereocenters. The minimum absolute atomic E-state index is 0.0769. The number of ketones is 1. The van der Waals surface area contributed by atoms with Crippen molar-refractivity contribution in [3.63, 3.8) is 0 Å². The van der Waals surface area contributed by atoms with Crippen LogP contribution in [-0.4, -0.2) is 58.9 Å². The number of hydrogen-bond donors (Lipinski definition) is 1. The molecule has 0 radical (unpaired) electrons. The molecule has 1 aromatic heterocycles. The fourth-order valence-corrected chi connectivity index (χ4v) is 12.7. The van der Waals surface area contributed by atoms with Crippen molar-refractivity contribution in [2.75, 3.05) is 6.61 Å². The maximum absolute atomic E-state index is 15.1. The van der Waals surface area contributed by atoms with Crippen LogP contribution in [0.1, 0.15) is 130 Å². The first kappa shape index (κ1) is 32.9. The largest absolute Gasteiger partial charge is 0.469 e. The summed E-state index contributed by atoms with van der Waals surface area (Å²) < 4.78 is 32.4. The van der Waals surface area contributed by atoms with Gasteiger partial charge in [0.05, 0.1) is 29.3 Å². The standard InChI is InChI=1S/C39H54O9/c1-7-8-9-12-24-23(15-20-44-24)29-34(4)18-14-25-36(6,39(34)30(47-39)31(42)46-29)28(41)26(40)27-35(5,19-13-22(2)3)48-32-37(16-10-11-17-37)33(43)45-21-38(25,27)32/h15,20,22,25,27-30,32,41H,7-14,16-19,21H2,1-6H3/t25-,27+,28-,29-,30-,32+,34-,35+,36+,38+,39+/m1/s1. The van der Waals surface area contributed by atoms with E-state index in [0.717, 1.165) is 56.3 Å². The van der Waals surface area contributed by atoms with Crippen LogP contribution in [-0.2, 0) is 39.8 Å². The van der Waals surface area contributed by atoms with Crippen LogP contribution in [0.4, 0.5) is 0 Å². The van der Waals surface area contributed by atoms with E-state index in [-0.39, 0.29) is 24.3 Å². The molecule has 3 spiro atoms. The highest BCUT2D eigenvalue weighted by Gasteiger charge is 2.91. The topological polar surface area (TPSA) is 125 Å². The smallest absolute Gasteiger partial charge is 0.339 e. The fraction of sp³-hybridized carbons (Fsp3) is 0.821. The number of Topliss-reactive ketones (excluding diaryl/α,β-unsaturated/α-hetero) is 1. The predicted molar refractivity (Wildman–Crippen MR) is 173 cm³/mol. The first-order valence-electron chi connectivity index (χ1n) is 18.8. The molecule has 0 amide bonds. The molecular formula is C39H54O9.